The van der Waals surface area contributed by atoms with Crippen LogP contribution in [0.1, 0.15) is 21.6 Å². The van der Waals surface area contributed by atoms with Gasteiger partial charge < -0.3 is 5.32 Å². The number of benzene rings is 1. The highest BCUT2D eigenvalue weighted by atomic mass is 19.4. The molecule has 1 heterocycles. The summed E-state index contributed by atoms with van der Waals surface area (Å²) in [5.74, 6) is -0.387. The fourth-order valence-corrected chi connectivity index (χ4v) is 1.73. The van der Waals surface area contributed by atoms with Crippen LogP contribution in [0.3, 0.4) is 0 Å². The first-order valence-electron chi connectivity index (χ1n) is 5.80. The molecule has 0 aliphatic rings. The van der Waals surface area contributed by atoms with Gasteiger partial charge in [0.1, 0.15) is 5.69 Å². The predicted octanol–water partition coefficient (Wildman–Crippen LogP) is 2.37. The van der Waals surface area contributed by atoms with Crippen molar-refractivity contribution in [2.45, 2.75) is 12.7 Å². The van der Waals surface area contributed by atoms with Crippen molar-refractivity contribution >= 4 is 5.91 Å². The summed E-state index contributed by atoms with van der Waals surface area (Å²) in [5, 5.41) is 6.40. The van der Waals surface area contributed by atoms with E-state index in [1.807, 2.05) is 0 Å². The number of carbonyl (C=O) groups is 1. The Morgan fingerprint density at radius 1 is 1.35 bits per heavy atom. The molecule has 0 spiro atoms. The summed E-state index contributed by atoms with van der Waals surface area (Å²) in [7, 11) is 1.61. The van der Waals surface area contributed by atoms with E-state index in [1.54, 1.807) is 7.05 Å². The molecule has 0 aliphatic heterocycles. The number of hydrogen-bond donors (Lipinski definition) is 1. The summed E-state index contributed by atoms with van der Waals surface area (Å²) in [6.45, 7) is 0.0218. The topological polar surface area (TPSA) is 46.9 Å². The van der Waals surface area contributed by atoms with Gasteiger partial charge in [0.2, 0.25) is 0 Å². The Hall–Kier alpha value is -2.31. The highest BCUT2D eigenvalue weighted by Gasteiger charge is 2.30. The maximum Gasteiger partial charge on any atom is 0.416 e. The van der Waals surface area contributed by atoms with Gasteiger partial charge in [-0.05, 0) is 23.8 Å². The van der Waals surface area contributed by atoms with Crippen molar-refractivity contribution in [2.24, 2.45) is 7.05 Å². The van der Waals surface area contributed by atoms with Crippen LogP contribution in [0.2, 0.25) is 0 Å². The molecule has 0 atom stereocenters. The molecule has 0 unspecified atom stereocenters. The normalized spacial score (nSPS) is 11.4. The van der Waals surface area contributed by atoms with Crippen molar-refractivity contribution in [2.75, 3.05) is 0 Å². The second-order valence-corrected chi connectivity index (χ2v) is 4.22. The molecule has 0 fully saturated rings. The Balaban J connectivity index is 2.05. The molecule has 20 heavy (non-hydrogen) atoms. The molecule has 0 aliphatic carbocycles. The molecule has 106 valence electrons. The van der Waals surface area contributed by atoms with Gasteiger partial charge in [-0.3, -0.25) is 9.48 Å². The largest absolute Gasteiger partial charge is 0.416 e. The third kappa shape index (κ3) is 3.17. The number of aryl methyl sites for hydroxylation is 1. The van der Waals surface area contributed by atoms with Crippen LogP contribution in [0.25, 0.3) is 0 Å². The van der Waals surface area contributed by atoms with E-state index in [9.17, 15) is 18.0 Å². The molecule has 0 saturated heterocycles. The summed E-state index contributed by atoms with van der Waals surface area (Å²) in [4.78, 5) is 11.8. The lowest BCUT2D eigenvalue weighted by Crippen LogP contribution is -2.25. The smallest absolute Gasteiger partial charge is 0.347 e. The number of carbonyl (C=O) groups excluding carboxylic acids is 1. The molecule has 1 amide bonds. The fraction of sp³-hybridized carbons (Fsp3) is 0.231. The van der Waals surface area contributed by atoms with Crippen molar-refractivity contribution in [3.05, 3.63) is 53.3 Å². The summed E-state index contributed by atoms with van der Waals surface area (Å²) < 4.78 is 39.0. The van der Waals surface area contributed by atoms with Crippen LogP contribution in [-0.4, -0.2) is 15.7 Å². The molecule has 2 aromatic rings. The van der Waals surface area contributed by atoms with Gasteiger partial charge in [-0.15, -0.1) is 0 Å². The first kappa shape index (κ1) is 14.1. The van der Waals surface area contributed by atoms with Gasteiger partial charge in [0.25, 0.3) is 5.91 Å². The molecule has 0 radical (unpaired) electrons. The highest BCUT2D eigenvalue weighted by Crippen LogP contribution is 2.29. The average molecular weight is 283 g/mol. The molecule has 1 N–H and O–H groups in total. The highest BCUT2D eigenvalue weighted by molar-refractivity contribution is 5.92. The maximum atomic E-state index is 12.5. The Morgan fingerprint density at radius 2 is 2.10 bits per heavy atom. The van der Waals surface area contributed by atoms with Crippen molar-refractivity contribution in [1.82, 2.24) is 15.1 Å². The SMILES string of the molecule is Cn1nccc1C(=O)NCc1cccc(C(F)(F)F)c1. The lowest BCUT2D eigenvalue weighted by Gasteiger charge is -2.09. The molecule has 1 aromatic heterocycles. The number of rotatable bonds is 3. The number of hydrogen-bond acceptors (Lipinski definition) is 2. The van der Waals surface area contributed by atoms with Gasteiger partial charge >= 0.3 is 6.18 Å². The second-order valence-electron chi connectivity index (χ2n) is 4.22. The Morgan fingerprint density at radius 3 is 2.70 bits per heavy atom. The van der Waals surface area contributed by atoms with Crippen LogP contribution < -0.4 is 5.32 Å². The molecule has 0 saturated carbocycles. The zero-order valence-electron chi connectivity index (χ0n) is 10.6. The van der Waals surface area contributed by atoms with E-state index < -0.39 is 11.7 Å². The van der Waals surface area contributed by atoms with Crippen molar-refractivity contribution in [3.63, 3.8) is 0 Å². The van der Waals surface area contributed by atoms with Gasteiger partial charge in [0.15, 0.2) is 0 Å². The van der Waals surface area contributed by atoms with Gasteiger partial charge in [0, 0.05) is 19.8 Å². The zero-order chi connectivity index (χ0) is 14.8. The minimum absolute atomic E-state index is 0.0218. The van der Waals surface area contributed by atoms with Gasteiger partial charge in [-0.25, -0.2) is 0 Å². The molecule has 4 nitrogen and oxygen atoms in total. The van der Waals surface area contributed by atoms with E-state index in [4.69, 9.17) is 0 Å². The number of aromatic nitrogens is 2. The summed E-state index contributed by atoms with van der Waals surface area (Å²) >= 11 is 0. The van der Waals surface area contributed by atoms with Crippen molar-refractivity contribution in [1.29, 1.82) is 0 Å². The van der Waals surface area contributed by atoms with E-state index in [2.05, 4.69) is 10.4 Å². The van der Waals surface area contributed by atoms with Crippen LogP contribution >= 0.6 is 0 Å². The Kier molecular flexibility index (Phi) is 3.78. The van der Waals surface area contributed by atoms with Gasteiger partial charge in [-0.2, -0.15) is 18.3 Å². The van der Waals surface area contributed by atoms with Crippen LogP contribution in [-0.2, 0) is 19.8 Å². The molecular weight excluding hydrogens is 271 g/mol. The van der Waals surface area contributed by atoms with E-state index in [1.165, 1.54) is 29.1 Å². The predicted molar refractivity (Wildman–Crippen MR) is 65.8 cm³/mol. The number of nitrogens with zero attached hydrogens (tertiary/aromatic N) is 2. The fourth-order valence-electron chi connectivity index (χ4n) is 1.73. The summed E-state index contributed by atoms with van der Waals surface area (Å²) in [6.07, 6.45) is -2.92. The van der Waals surface area contributed by atoms with Crippen molar-refractivity contribution in [3.8, 4) is 0 Å². The van der Waals surface area contributed by atoms with E-state index in [0.717, 1.165) is 12.1 Å². The minimum atomic E-state index is -4.39. The van der Waals surface area contributed by atoms with E-state index in [0.29, 0.717) is 11.3 Å². The number of amides is 1. The van der Waals surface area contributed by atoms with Crippen LogP contribution in [0.15, 0.2) is 36.5 Å². The zero-order valence-corrected chi connectivity index (χ0v) is 10.6. The monoisotopic (exact) mass is 283 g/mol. The second kappa shape index (κ2) is 5.36. The van der Waals surface area contributed by atoms with Crippen LogP contribution in [0, 0.1) is 0 Å². The molecule has 7 heteroatoms. The van der Waals surface area contributed by atoms with Gasteiger partial charge in [0.05, 0.1) is 5.56 Å². The first-order chi connectivity index (χ1) is 9.38. The lowest BCUT2D eigenvalue weighted by molar-refractivity contribution is -0.137. The standard InChI is InChI=1S/C13H12F3N3O/c1-19-11(5-6-18-19)12(20)17-8-9-3-2-4-10(7-9)13(14,15)16/h2-7H,8H2,1H3,(H,17,20). The number of alkyl halides is 3. The summed E-state index contributed by atoms with van der Waals surface area (Å²) in [5.41, 5.74) is -0.00268. The first-order valence-corrected chi connectivity index (χ1v) is 5.80. The van der Waals surface area contributed by atoms with Crippen molar-refractivity contribution < 1.29 is 18.0 Å². The average Bonchev–Trinajstić information content (AvgIpc) is 2.82. The van der Waals surface area contributed by atoms with E-state index in [-0.39, 0.29) is 12.5 Å². The third-order valence-electron chi connectivity index (χ3n) is 2.76. The van der Waals surface area contributed by atoms with Crippen LogP contribution in [0.4, 0.5) is 13.2 Å². The van der Waals surface area contributed by atoms with E-state index >= 15 is 0 Å². The number of nitrogens with one attached hydrogen (secondary N) is 1. The Bertz CT molecular complexity index is 619. The minimum Gasteiger partial charge on any atom is -0.347 e. The maximum absolute atomic E-state index is 12.5. The van der Waals surface area contributed by atoms with Gasteiger partial charge in [-0.1, -0.05) is 12.1 Å². The lowest BCUT2D eigenvalue weighted by atomic mass is 10.1. The summed E-state index contributed by atoms with van der Waals surface area (Å²) in [6, 6.07) is 6.38. The molecule has 1 aromatic carbocycles. The number of halogens is 3. The molecule has 2 rings (SSSR count). The third-order valence-corrected chi connectivity index (χ3v) is 2.76. The quantitative estimate of drug-likeness (QED) is 0.940. The van der Waals surface area contributed by atoms with Crippen LogP contribution in [0.5, 0.6) is 0 Å². The molecular formula is C13H12F3N3O. The molecule has 0 bridgehead atoms. The Labute approximate surface area is 113 Å².